The second-order valence-corrected chi connectivity index (χ2v) is 6.43. The molecule has 1 aliphatic heterocycles. The van der Waals surface area contributed by atoms with Crippen molar-refractivity contribution in [1.82, 2.24) is 19.5 Å². The minimum absolute atomic E-state index is 0.0600. The van der Waals surface area contributed by atoms with Gasteiger partial charge in [0.1, 0.15) is 18.3 Å². The summed E-state index contributed by atoms with van der Waals surface area (Å²) in [5, 5.41) is 32.9. The van der Waals surface area contributed by atoms with Gasteiger partial charge in [-0.1, -0.05) is 17.7 Å². The van der Waals surface area contributed by atoms with E-state index < -0.39 is 36.7 Å². The zero-order valence-electron chi connectivity index (χ0n) is 14.4. The van der Waals surface area contributed by atoms with E-state index in [1.807, 2.05) is 31.2 Å². The van der Waals surface area contributed by atoms with Crippen LogP contribution < -0.4 is 10.9 Å². The van der Waals surface area contributed by atoms with E-state index in [9.17, 15) is 20.1 Å². The quantitative estimate of drug-likeness (QED) is 0.422. The van der Waals surface area contributed by atoms with E-state index in [4.69, 9.17) is 4.74 Å². The number of aromatic nitrogens is 4. The van der Waals surface area contributed by atoms with Gasteiger partial charge in [0, 0.05) is 5.69 Å². The van der Waals surface area contributed by atoms with Crippen LogP contribution in [0.15, 0.2) is 35.4 Å². The highest BCUT2D eigenvalue weighted by molar-refractivity contribution is 5.75. The number of aryl methyl sites for hydroxylation is 1. The van der Waals surface area contributed by atoms with Crippen molar-refractivity contribution in [3.05, 3.63) is 46.5 Å². The SMILES string of the molecule is Cc1ccc(Nc2nc3c(=O)[nH]cnc3n2[C@@H]2O[C@H](CO)[C@H](O)[C@@H]2O)cc1. The first-order valence-corrected chi connectivity index (χ1v) is 8.41. The third kappa shape index (κ3) is 2.98. The summed E-state index contributed by atoms with van der Waals surface area (Å²) in [7, 11) is 0. The summed E-state index contributed by atoms with van der Waals surface area (Å²) >= 11 is 0. The minimum Gasteiger partial charge on any atom is -0.394 e. The van der Waals surface area contributed by atoms with E-state index in [-0.39, 0.29) is 17.1 Å². The molecule has 1 fully saturated rings. The molecule has 0 bridgehead atoms. The molecule has 0 aliphatic carbocycles. The van der Waals surface area contributed by atoms with E-state index in [1.54, 1.807) is 0 Å². The maximum Gasteiger partial charge on any atom is 0.278 e. The van der Waals surface area contributed by atoms with Crippen LogP contribution in [0, 0.1) is 6.92 Å². The van der Waals surface area contributed by atoms with Crippen molar-refractivity contribution in [2.45, 2.75) is 31.5 Å². The Morgan fingerprint density at radius 2 is 2.00 bits per heavy atom. The number of aliphatic hydroxyl groups excluding tert-OH is 3. The van der Waals surface area contributed by atoms with Crippen LogP contribution in [0.5, 0.6) is 0 Å². The highest BCUT2D eigenvalue weighted by Gasteiger charge is 2.45. The van der Waals surface area contributed by atoms with Crippen molar-refractivity contribution in [1.29, 1.82) is 0 Å². The summed E-state index contributed by atoms with van der Waals surface area (Å²) < 4.78 is 7.02. The summed E-state index contributed by atoms with van der Waals surface area (Å²) in [5.74, 6) is 0.216. The van der Waals surface area contributed by atoms with Crippen molar-refractivity contribution in [3.63, 3.8) is 0 Å². The molecule has 10 nitrogen and oxygen atoms in total. The van der Waals surface area contributed by atoms with Gasteiger partial charge in [0.15, 0.2) is 17.4 Å². The zero-order valence-corrected chi connectivity index (χ0v) is 14.4. The normalized spacial score (nSPS) is 25.2. The van der Waals surface area contributed by atoms with Crippen LogP contribution in [0.2, 0.25) is 0 Å². The van der Waals surface area contributed by atoms with Crippen molar-refractivity contribution in [2.75, 3.05) is 11.9 Å². The number of anilines is 2. The van der Waals surface area contributed by atoms with Crippen LogP contribution in [0.3, 0.4) is 0 Å². The van der Waals surface area contributed by atoms with Crippen LogP contribution in [-0.2, 0) is 4.74 Å². The Labute approximate surface area is 153 Å². The number of imidazole rings is 1. The molecule has 1 saturated heterocycles. The number of fused-ring (bicyclic) bond motifs is 1. The van der Waals surface area contributed by atoms with Crippen LogP contribution in [-0.4, -0.2) is 59.8 Å². The Balaban J connectivity index is 1.83. The first kappa shape index (κ1) is 17.6. The highest BCUT2D eigenvalue weighted by Crippen LogP contribution is 2.34. The van der Waals surface area contributed by atoms with Crippen molar-refractivity contribution in [2.24, 2.45) is 0 Å². The smallest absolute Gasteiger partial charge is 0.278 e. The molecule has 5 N–H and O–H groups in total. The van der Waals surface area contributed by atoms with Crippen LogP contribution in [0.25, 0.3) is 11.2 Å². The number of aliphatic hydroxyl groups is 3. The number of hydrogen-bond donors (Lipinski definition) is 5. The van der Waals surface area contributed by atoms with Crippen LogP contribution in [0.1, 0.15) is 11.8 Å². The fraction of sp³-hybridized carbons (Fsp3) is 0.353. The van der Waals surface area contributed by atoms with Gasteiger partial charge in [-0.2, -0.15) is 0 Å². The topological polar surface area (TPSA) is 146 Å². The number of H-pyrrole nitrogens is 1. The van der Waals surface area contributed by atoms with E-state index in [0.29, 0.717) is 5.69 Å². The molecule has 1 aliphatic rings. The lowest BCUT2D eigenvalue weighted by Gasteiger charge is -2.19. The molecule has 27 heavy (non-hydrogen) atoms. The summed E-state index contributed by atoms with van der Waals surface area (Å²) in [4.78, 5) is 23.0. The first-order valence-electron chi connectivity index (χ1n) is 8.41. The standard InChI is InChI=1S/C17H19N5O5/c1-8-2-4-9(5-3-8)20-17-21-11-14(18-7-19-15(11)26)22(17)16-13(25)12(24)10(6-23)27-16/h2-5,7,10,12-13,16,23-25H,6H2,1H3,(H,20,21)(H,18,19,26)/t10-,12+,13+,16-/m1/s1. The number of aromatic amines is 1. The number of nitrogens with zero attached hydrogens (tertiary/aromatic N) is 3. The number of hydrogen-bond acceptors (Lipinski definition) is 8. The molecule has 1 aromatic carbocycles. The molecule has 0 spiro atoms. The number of rotatable bonds is 4. The predicted molar refractivity (Wildman–Crippen MR) is 95.6 cm³/mol. The average Bonchev–Trinajstić information content (AvgIpc) is 3.16. The Bertz CT molecular complexity index is 1010. The lowest BCUT2D eigenvalue weighted by atomic mass is 10.1. The van der Waals surface area contributed by atoms with Gasteiger partial charge in [-0.05, 0) is 19.1 Å². The fourth-order valence-electron chi connectivity index (χ4n) is 3.11. The Kier molecular flexibility index (Phi) is 4.40. The first-order chi connectivity index (χ1) is 13.0. The molecule has 0 amide bonds. The van der Waals surface area contributed by atoms with Crippen molar-refractivity contribution in [3.8, 4) is 0 Å². The van der Waals surface area contributed by atoms with E-state index in [1.165, 1.54) is 10.9 Å². The maximum absolute atomic E-state index is 12.1. The number of ether oxygens (including phenoxy) is 1. The third-order valence-electron chi connectivity index (χ3n) is 4.56. The Morgan fingerprint density at radius 3 is 2.67 bits per heavy atom. The molecule has 0 saturated carbocycles. The molecule has 0 radical (unpaired) electrons. The molecule has 2 aromatic heterocycles. The minimum atomic E-state index is -1.33. The summed E-state index contributed by atoms with van der Waals surface area (Å²) in [5.41, 5.74) is 1.58. The molecule has 3 aromatic rings. The second kappa shape index (κ2) is 6.74. The van der Waals surface area contributed by atoms with Gasteiger partial charge < -0.3 is 30.4 Å². The van der Waals surface area contributed by atoms with Gasteiger partial charge >= 0.3 is 0 Å². The molecule has 10 heteroatoms. The molecule has 142 valence electrons. The van der Waals surface area contributed by atoms with Crippen LogP contribution in [0.4, 0.5) is 11.6 Å². The highest BCUT2D eigenvalue weighted by atomic mass is 16.6. The van der Waals surface area contributed by atoms with Gasteiger partial charge in [-0.25, -0.2) is 9.97 Å². The fourth-order valence-corrected chi connectivity index (χ4v) is 3.11. The average molecular weight is 373 g/mol. The maximum atomic E-state index is 12.1. The third-order valence-corrected chi connectivity index (χ3v) is 4.56. The summed E-state index contributed by atoms with van der Waals surface area (Å²) in [6, 6.07) is 7.50. The summed E-state index contributed by atoms with van der Waals surface area (Å²) in [6.45, 7) is 1.50. The molecular weight excluding hydrogens is 354 g/mol. The molecule has 4 atom stereocenters. The lowest BCUT2D eigenvalue weighted by molar-refractivity contribution is -0.0501. The molecule has 3 heterocycles. The van der Waals surface area contributed by atoms with Crippen molar-refractivity contribution < 1.29 is 20.1 Å². The van der Waals surface area contributed by atoms with E-state index in [0.717, 1.165) is 5.56 Å². The van der Waals surface area contributed by atoms with Gasteiger partial charge in [-0.15, -0.1) is 0 Å². The number of nitrogens with one attached hydrogen (secondary N) is 2. The van der Waals surface area contributed by atoms with Gasteiger partial charge in [-0.3, -0.25) is 9.36 Å². The van der Waals surface area contributed by atoms with Gasteiger partial charge in [0.25, 0.3) is 5.56 Å². The van der Waals surface area contributed by atoms with Gasteiger partial charge in [0.05, 0.1) is 12.9 Å². The van der Waals surface area contributed by atoms with E-state index in [2.05, 4.69) is 20.3 Å². The molecule has 4 rings (SSSR count). The molecular formula is C17H19N5O5. The Hall–Kier alpha value is -2.79. The zero-order chi connectivity index (χ0) is 19.1. The predicted octanol–water partition coefficient (Wildman–Crippen LogP) is -0.217. The summed E-state index contributed by atoms with van der Waals surface area (Å²) in [6.07, 6.45) is -3.44. The monoisotopic (exact) mass is 373 g/mol. The van der Waals surface area contributed by atoms with Crippen molar-refractivity contribution >= 4 is 22.8 Å². The van der Waals surface area contributed by atoms with E-state index >= 15 is 0 Å². The lowest BCUT2D eigenvalue weighted by Crippen LogP contribution is -2.33. The largest absolute Gasteiger partial charge is 0.394 e. The second-order valence-electron chi connectivity index (χ2n) is 6.43. The molecule has 0 unspecified atom stereocenters. The van der Waals surface area contributed by atoms with Gasteiger partial charge in [0.2, 0.25) is 5.95 Å². The van der Waals surface area contributed by atoms with Crippen LogP contribution >= 0.6 is 0 Å². The number of benzene rings is 1. The Morgan fingerprint density at radius 1 is 1.26 bits per heavy atom.